The number of nitrogen functional groups attached to an aromatic ring is 1. The molecule has 0 radical (unpaired) electrons. The SMILES string of the molecule is CC/C(=N/NC(=O)c1ccc(N)cc1)c1cccc(Br)c1. The Bertz CT molecular complexity index is 665. The van der Waals surface area contributed by atoms with Crippen molar-refractivity contribution in [3.05, 3.63) is 64.1 Å². The zero-order chi connectivity index (χ0) is 15.2. The van der Waals surface area contributed by atoms with E-state index in [0.29, 0.717) is 11.3 Å². The van der Waals surface area contributed by atoms with Crippen LogP contribution in [-0.2, 0) is 0 Å². The highest BCUT2D eigenvalue weighted by Gasteiger charge is 2.06. The van der Waals surface area contributed by atoms with Crippen molar-refractivity contribution < 1.29 is 4.79 Å². The lowest BCUT2D eigenvalue weighted by molar-refractivity contribution is 0.0955. The molecule has 3 N–H and O–H groups in total. The summed E-state index contributed by atoms with van der Waals surface area (Å²) in [5.74, 6) is -0.254. The molecule has 0 saturated heterocycles. The molecule has 2 aromatic rings. The number of hydrogen-bond acceptors (Lipinski definition) is 3. The summed E-state index contributed by atoms with van der Waals surface area (Å²) in [5.41, 5.74) is 11.1. The van der Waals surface area contributed by atoms with Gasteiger partial charge in [0, 0.05) is 15.7 Å². The number of carbonyl (C=O) groups is 1. The van der Waals surface area contributed by atoms with Gasteiger partial charge >= 0.3 is 0 Å². The predicted octanol–water partition coefficient (Wildman–Crippen LogP) is 3.58. The smallest absolute Gasteiger partial charge is 0.271 e. The zero-order valence-electron chi connectivity index (χ0n) is 11.6. The summed E-state index contributed by atoms with van der Waals surface area (Å²) in [5, 5.41) is 4.22. The quantitative estimate of drug-likeness (QED) is 0.505. The maximum atomic E-state index is 12.0. The van der Waals surface area contributed by atoms with Gasteiger partial charge in [-0.25, -0.2) is 5.43 Å². The standard InChI is InChI=1S/C16H16BrN3O/c1-2-15(12-4-3-5-13(17)10-12)19-20-16(21)11-6-8-14(18)9-7-11/h3-10H,2,18H2,1H3,(H,20,21)/b19-15-. The van der Waals surface area contributed by atoms with Crippen LogP contribution < -0.4 is 11.2 Å². The second-order valence-electron chi connectivity index (χ2n) is 4.49. The van der Waals surface area contributed by atoms with Crippen LogP contribution in [0.2, 0.25) is 0 Å². The first kappa shape index (κ1) is 15.3. The fourth-order valence-electron chi connectivity index (χ4n) is 1.83. The Kier molecular flexibility index (Phi) is 5.11. The van der Waals surface area contributed by atoms with E-state index in [1.807, 2.05) is 31.2 Å². The number of rotatable bonds is 4. The molecule has 2 aromatic carbocycles. The molecular formula is C16H16BrN3O. The molecule has 0 aromatic heterocycles. The summed E-state index contributed by atoms with van der Waals surface area (Å²) in [6.45, 7) is 2.00. The van der Waals surface area contributed by atoms with Crippen LogP contribution in [0.4, 0.5) is 5.69 Å². The molecule has 0 bridgehead atoms. The molecule has 0 spiro atoms. The van der Waals surface area contributed by atoms with Gasteiger partial charge in [0.2, 0.25) is 0 Å². The summed E-state index contributed by atoms with van der Waals surface area (Å²) in [4.78, 5) is 12.0. The van der Waals surface area contributed by atoms with E-state index >= 15 is 0 Å². The molecule has 2 rings (SSSR count). The van der Waals surface area contributed by atoms with Crippen LogP contribution in [0.25, 0.3) is 0 Å². The maximum Gasteiger partial charge on any atom is 0.271 e. The second-order valence-corrected chi connectivity index (χ2v) is 5.40. The molecule has 0 heterocycles. The highest BCUT2D eigenvalue weighted by atomic mass is 79.9. The van der Waals surface area contributed by atoms with Gasteiger partial charge in [0.1, 0.15) is 0 Å². The van der Waals surface area contributed by atoms with Crippen molar-refractivity contribution in [1.82, 2.24) is 5.43 Å². The number of hydrogen-bond donors (Lipinski definition) is 2. The molecule has 0 aliphatic rings. The molecule has 5 heteroatoms. The number of benzene rings is 2. The molecule has 0 aliphatic carbocycles. The first-order chi connectivity index (χ1) is 10.1. The minimum absolute atomic E-state index is 0.254. The van der Waals surface area contributed by atoms with E-state index in [4.69, 9.17) is 5.73 Å². The normalized spacial score (nSPS) is 11.2. The van der Waals surface area contributed by atoms with Crippen molar-refractivity contribution in [2.24, 2.45) is 5.10 Å². The Morgan fingerprint density at radius 3 is 2.52 bits per heavy atom. The van der Waals surface area contributed by atoms with E-state index in [1.54, 1.807) is 24.3 Å². The van der Waals surface area contributed by atoms with Gasteiger partial charge in [-0.05, 0) is 48.4 Å². The van der Waals surface area contributed by atoms with E-state index in [0.717, 1.165) is 22.2 Å². The van der Waals surface area contributed by atoms with Crippen LogP contribution in [0.5, 0.6) is 0 Å². The summed E-state index contributed by atoms with van der Waals surface area (Å²) < 4.78 is 0.978. The van der Waals surface area contributed by atoms with Crippen molar-refractivity contribution >= 4 is 33.2 Å². The van der Waals surface area contributed by atoms with Crippen LogP contribution in [0.1, 0.15) is 29.3 Å². The summed E-state index contributed by atoms with van der Waals surface area (Å²) in [6, 6.07) is 14.5. The van der Waals surface area contributed by atoms with Gasteiger partial charge in [0.05, 0.1) is 5.71 Å². The van der Waals surface area contributed by atoms with Gasteiger partial charge in [-0.2, -0.15) is 5.10 Å². The molecule has 0 atom stereocenters. The molecule has 0 unspecified atom stereocenters. The fourth-order valence-corrected chi connectivity index (χ4v) is 2.23. The second kappa shape index (κ2) is 7.04. The third-order valence-electron chi connectivity index (χ3n) is 2.96. The number of halogens is 1. The largest absolute Gasteiger partial charge is 0.399 e. The first-order valence-corrected chi connectivity index (χ1v) is 7.38. The molecule has 1 amide bonds. The van der Waals surface area contributed by atoms with Crippen LogP contribution in [0.15, 0.2) is 58.1 Å². The summed E-state index contributed by atoms with van der Waals surface area (Å²) >= 11 is 3.43. The lowest BCUT2D eigenvalue weighted by Crippen LogP contribution is -2.20. The van der Waals surface area contributed by atoms with Gasteiger partial charge in [-0.3, -0.25) is 4.79 Å². The third-order valence-corrected chi connectivity index (χ3v) is 3.45. The number of anilines is 1. The van der Waals surface area contributed by atoms with Gasteiger partial charge in [-0.15, -0.1) is 0 Å². The predicted molar refractivity (Wildman–Crippen MR) is 89.3 cm³/mol. The Balaban J connectivity index is 2.14. The molecule has 108 valence electrons. The van der Waals surface area contributed by atoms with Crippen LogP contribution in [0, 0.1) is 0 Å². The Hall–Kier alpha value is -2.14. The average molecular weight is 346 g/mol. The fraction of sp³-hybridized carbons (Fsp3) is 0.125. The van der Waals surface area contributed by atoms with Crippen molar-refractivity contribution in [2.75, 3.05) is 5.73 Å². The molecule has 0 saturated carbocycles. The van der Waals surface area contributed by atoms with Crippen molar-refractivity contribution in [1.29, 1.82) is 0 Å². The Morgan fingerprint density at radius 2 is 1.90 bits per heavy atom. The van der Waals surface area contributed by atoms with Crippen molar-refractivity contribution in [3.63, 3.8) is 0 Å². The maximum absolute atomic E-state index is 12.0. The monoisotopic (exact) mass is 345 g/mol. The molecular weight excluding hydrogens is 330 g/mol. The van der Waals surface area contributed by atoms with Crippen LogP contribution in [0.3, 0.4) is 0 Å². The molecule has 4 nitrogen and oxygen atoms in total. The third kappa shape index (κ3) is 4.16. The average Bonchev–Trinajstić information content (AvgIpc) is 2.48. The van der Waals surface area contributed by atoms with Gasteiger partial charge in [-0.1, -0.05) is 35.0 Å². The van der Waals surface area contributed by atoms with E-state index in [2.05, 4.69) is 26.5 Å². The summed E-state index contributed by atoms with van der Waals surface area (Å²) in [6.07, 6.45) is 0.721. The van der Waals surface area contributed by atoms with Crippen molar-refractivity contribution in [3.8, 4) is 0 Å². The number of amides is 1. The topological polar surface area (TPSA) is 67.5 Å². The lowest BCUT2D eigenvalue weighted by atomic mass is 10.1. The van der Waals surface area contributed by atoms with E-state index in [-0.39, 0.29) is 5.91 Å². The number of nitrogens with zero attached hydrogens (tertiary/aromatic N) is 1. The molecule has 21 heavy (non-hydrogen) atoms. The van der Waals surface area contributed by atoms with Crippen LogP contribution in [-0.4, -0.2) is 11.6 Å². The number of nitrogens with one attached hydrogen (secondary N) is 1. The zero-order valence-corrected chi connectivity index (χ0v) is 13.2. The number of nitrogens with two attached hydrogens (primary N) is 1. The lowest BCUT2D eigenvalue weighted by Gasteiger charge is -2.06. The van der Waals surface area contributed by atoms with E-state index < -0.39 is 0 Å². The summed E-state index contributed by atoms with van der Waals surface area (Å²) in [7, 11) is 0. The number of hydrazone groups is 1. The first-order valence-electron chi connectivity index (χ1n) is 6.58. The van der Waals surface area contributed by atoms with E-state index in [9.17, 15) is 4.79 Å². The van der Waals surface area contributed by atoms with Gasteiger partial charge in [0.25, 0.3) is 5.91 Å². The highest BCUT2D eigenvalue weighted by Crippen LogP contribution is 2.13. The number of carbonyl (C=O) groups excluding carboxylic acids is 1. The Labute approximate surface area is 132 Å². The van der Waals surface area contributed by atoms with Gasteiger partial charge in [0.15, 0.2) is 0 Å². The van der Waals surface area contributed by atoms with E-state index in [1.165, 1.54) is 0 Å². The highest BCUT2D eigenvalue weighted by molar-refractivity contribution is 9.10. The molecule has 0 aliphatic heterocycles. The van der Waals surface area contributed by atoms with Gasteiger partial charge < -0.3 is 5.73 Å². The Morgan fingerprint density at radius 1 is 1.19 bits per heavy atom. The van der Waals surface area contributed by atoms with Crippen LogP contribution >= 0.6 is 15.9 Å². The van der Waals surface area contributed by atoms with Crippen molar-refractivity contribution in [2.45, 2.75) is 13.3 Å². The minimum atomic E-state index is -0.254. The molecule has 0 fully saturated rings. The minimum Gasteiger partial charge on any atom is -0.399 e.